The first-order valence-corrected chi connectivity index (χ1v) is 13.7. The van der Waals surface area contributed by atoms with Crippen molar-refractivity contribution in [2.24, 2.45) is 0 Å². The molecule has 0 saturated carbocycles. The molecule has 41 heavy (non-hydrogen) atoms. The predicted octanol–water partition coefficient (Wildman–Crippen LogP) is 6.72. The van der Waals surface area contributed by atoms with E-state index in [0.29, 0.717) is 19.0 Å². The van der Waals surface area contributed by atoms with E-state index in [9.17, 15) is 9.90 Å². The topological polar surface area (TPSA) is 74.5 Å². The quantitative estimate of drug-likeness (QED) is 0.245. The van der Waals surface area contributed by atoms with Crippen molar-refractivity contribution < 1.29 is 9.90 Å². The van der Waals surface area contributed by atoms with Gasteiger partial charge in [0.2, 0.25) is 5.91 Å². The Morgan fingerprint density at radius 1 is 1.05 bits per heavy atom. The number of aromatic hydroxyl groups is 1. The molecule has 1 atom stereocenters. The molecule has 0 radical (unpaired) electrons. The first-order chi connectivity index (χ1) is 18.8. The fourth-order valence-corrected chi connectivity index (χ4v) is 5.48. The van der Waals surface area contributed by atoms with Gasteiger partial charge in [-0.15, -0.1) is 24.8 Å². The number of carbonyl (C=O) groups excluding carboxylic acids is 1. The van der Waals surface area contributed by atoms with Crippen LogP contribution in [0.15, 0.2) is 73.2 Å². The zero-order valence-electron chi connectivity index (χ0n) is 24.0. The van der Waals surface area contributed by atoms with Crippen LogP contribution in [-0.4, -0.2) is 39.9 Å². The van der Waals surface area contributed by atoms with E-state index in [2.05, 4.69) is 41.0 Å². The van der Waals surface area contributed by atoms with Crippen LogP contribution in [0.1, 0.15) is 66.5 Å². The van der Waals surface area contributed by atoms with E-state index in [-0.39, 0.29) is 42.4 Å². The van der Waals surface area contributed by atoms with Crippen molar-refractivity contribution in [3.63, 3.8) is 0 Å². The van der Waals surface area contributed by atoms with Crippen LogP contribution in [0.4, 0.5) is 11.4 Å². The second-order valence-electron chi connectivity index (χ2n) is 10.9. The number of benzene rings is 2. The number of carbonyl (C=O) groups is 1. The van der Waals surface area contributed by atoms with Crippen LogP contribution in [0.2, 0.25) is 0 Å². The van der Waals surface area contributed by atoms with Gasteiger partial charge < -0.3 is 14.9 Å². The minimum absolute atomic E-state index is 0. The second-order valence-corrected chi connectivity index (χ2v) is 10.9. The molecule has 1 aliphatic carbocycles. The van der Waals surface area contributed by atoms with E-state index in [1.54, 1.807) is 12.3 Å². The molecule has 5 rings (SSSR count). The summed E-state index contributed by atoms with van der Waals surface area (Å²) in [6, 6.07) is 17.8. The van der Waals surface area contributed by atoms with Crippen LogP contribution in [-0.2, 0) is 24.3 Å². The number of halogens is 2. The summed E-state index contributed by atoms with van der Waals surface area (Å²) in [4.78, 5) is 22.8. The largest absolute Gasteiger partial charge is 0.508 e. The molecule has 9 heteroatoms. The fraction of sp³-hybridized carbons (Fsp3) is 0.344. The minimum atomic E-state index is -0.312. The summed E-state index contributed by atoms with van der Waals surface area (Å²) >= 11 is 0. The molecule has 0 saturated heterocycles. The van der Waals surface area contributed by atoms with Gasteiger partial charge in [0.25, 0.3) is 0 Å². The fourth-order valence-electron chi connectivity index (χ4n) is 5.48. The highest BCUT2D eigenvalue weighted by Crippen LogP contribution is 2.38. The summed E-state index contributed by atoms with van der Waals surface area (Å²) < 4.78 is 1.92. The van der Waals surface area contributed by atoms with Gasteiger partial charge in [0.15, 0.2) is 0 Å². The number of fused-ring (bicyclic) bond motifs is 1. The van der Waals surface area contributed by atoms with Crippen LogP contribution in [0, 0.1) is 0 Å². The van der Waals surface area contributed by atoms with Crippen molar-refractivity contribution in [3.8, 4) is 5.75 Å². The first kappa shape index (κ1) is 32.0. The van der Waals surface area contributed by atoms with Gasteiger partial charge in [0, 0.05) is 37.2 Å². The molecule has 4 aromatic rings. The second kappa shape index (κ2) is 13.9. The maximum Gasteiger partial charge on any atom is 0.234 e. The third-order valence-electron chi connectivity index (χ3n) is 7.55. The van der Waals surface area contributed by atoms with Gasteiger partial charge >= 0.3 is 0 Å². The molecule has 1 amide bonds. The third-order valence-corrected chi connectivity index (χ3v) is 7.55. The van der Waals surface area contributed by atoms with Crippen LogP contribution in [0.3, 0.4) is 0 Å². The lowest BCUT2D eigenvalue weighted by Gasteiger charge is -2.31. The molecule has 1 N–H and O–H groups in total. The average molecular weight is 597 g/mol. The molecule has 2 heterocycles. The van der Waals surface area contributed by atoms with Crippen LogP contribution < -0.4 is 9.80 Å². The third kappa shape index (κ3) is 7.03. The van der Waals surface area contributed by atoms with Crippen molar-refractivity contribution >= 4 is 42.1 Å². The number of phenolic OH excluding ortho intramolecular Hbond substituents is 1. The van der Waals surface area contributed by atoms with E-state index in [0.717, 1.165) is 53.0 Å². The molecule has 218 valence electrons. The Kier molecular flexibility index (Phi) is 10.8. The zero-order chi connectivity index (χ0) is 27.5. The smallest absolute Gasteiger partial charge is 0.234 e. The Morgan fingerprint density at radius 3 is 2.54 bits per heavy atom. The first-order valence-electron chi connectivity index (χ1n) is 13.7. The number of phenols is 1. The Labute approximate surface area is 255 Å². The number of rotatable bonds is 8. The lowest BCUT2D eigenvalue weighted by atomic mass is 9.81. The molecule has 0 bridgehead atoms. The minimum Gasteiger partial charge on any atom is -0.508 e. The van der Waals surface area contributed by atoms with Crippen molar-refractivity contribution in [3.05, 3.63) is 101 Å². The Balaban J connectivity index is 0.00000231. The van der Waals surface area contributed by atoms with Crippen LogP contribution in [0.25, 0.3) is 0 Å². The van der Waals surface area contributed by atoms with Crippen molar-refractivity contribution in [1.82, 2.24) is 14.8 Å². The number of aromatic nitrogens is 3. The number of pyridine rings is 1. The van der Waals surface area contributed by atoms with Gasteiger partial charge in [-0.2, -0.15) is 5.10 Å². The molecule has 0 aliphatic heterocycles. The zero-order valence-corrected chi connectivity index (χ0v) is 25.7. The summed E-state index contributed by atoms with van der Waals surface area (Å²) in [6.45, 7) is 5.25. The number of anilines is 2. The monoisotopic (exact) mass is 595 g/mol. The molecule has 1 aliphatic rings. The van der Waals surface area contributed by atoms with Gasteiger partial charge in [-0.3, -0.25) is 14.5 Å². The predicted molar refractivity (Wildman–Crippen MR) is 170 cm³/mol. The Bertz CT molecular complexity index is 1450. The normalized spacial score (nSPS) is 14.0. The Hall–Kier alpha value is -3.55. The maximum absolute atomic E-state index is 14.2. The van der Waals surface area contributed by atoms with E-state index in [1.165, 1.54) is 5.56 Å². The van der Waals surface area contributed by atoms with E-state index >= 15 is 0 Å². The van der Waals surface area contributed by atoms with Gasteiger partial charge in [0.1, 0.15) is 5.75 Å². The summed E-state index contributed by atoms with van der Waals surface area (Å²) in [7, 11) is 4.08. The number of hydrogen-bond acceptors (Lipinski definition) is 5. The molecule has 0 spiro atoms. The maximum atomic E-state index is 14.2. The molecule has 2 aromatic carbocycles. The van der Waals surface area contributed by atoms with Crippen molar-refractivity contribution in [1.29, 1.82) is 0 Å². The van der Waals surface area contributed by atoms with Gasteiger partial charge in [0.05, 0.1) is 37.1 Å². The molecule has 1 unspecified atom stereocenters. The lowest BCUT2D eigenvalue weighted by Crippen LogP contribution is -2.36. The number of hydrogen-bond donors (Lipinski definition) is 1. The van der Waals surface area contributed by atoms with Crippen LogP contribution >= 0.6 is 24.8 Å². The average Bonchev–Trinajstić information content (AvgIpc) is 3.38. The van der Waals surface area contributed by atoms with Gasteiger partial charge in [-0.05, 0) is 66.1 Å². The highest BCUT2D eigenvalue weighted by atomic mass is 35.5. The highest BCUT2D eigenvalue weighted by molar-refractivity contribution is 5.98. The van der Waals surface area contributed by atoms with Crippen molar-refractivity contribution in [2.75, 3.05) is 23.9 Å². The van der Waals surface area contributed by atoms with Gasteiger partial charge in [-0.25, -0.2) is 0 Å². The SMILES string of the molecule is CC(C)c1ccc(N(Cc2cnn(Cc3ccccc3N(C)C)c2)C(=O)C2CCCc3c(O)cccc32)cn1.Cl.Cl. The molecular weight excluding hydrogens is 557 g/mol. The summed E-state index contributed by atoms with van der Waals surface area (Å²) in [5.74, 6) is 0.289. The summed E-state index contributed by atoms with van der Waals surface area (Å²) in [6.07, 6.45) is 8.07. The number of amides is 1. The molecule has 7 nitrogen and oxygen atoms in total. The van der Waals surface area contributed by atoms with Crippen molar-refractivity contribution in [2.45, 2.75) is 58.0 Å². The van der Waals surface area contributed by atoms with E-state index in [1.807, 2.05) is 72.5 Å². The number of para-hydroxylation sites is 1. The highest BCUT2D eigenvalue weighted by Gasteiger charge is 2.32. The standard InChI is InChI=1S/C32H37N5O2.2ClH/c1-22(2)29-16-15-25(18-33-29)37(32(39)28-12-7-11-27-26(28)10-8-14-31(27)38)20-23-17-34-36(19-23)21-24-9-5-6-13-30(24)35(3)4;;/h5-6,8-10,13-19,22,28,38H,7,11-12,20-21H2,1-4H3;2*1H. The molecule has 0 fully saturated rings. The lowest BCUT2D eigenvalue weighted by molar-refractivity contribution is -0.120. The van der Waals surface area contributed by atoms with E-state index < -0.39 is 0 Å². The van der Waals surface area contributed by atoms with Gasteiger partial charge in [-0.1, -0.05) is 44.2 Å². The van der Waals surface area contributed by atoms with E-state index in [4.69, 9.17) is 0 Å². The Morgan fingerprint density at radius 2 is 1.83 bits per heavy atom. The molecule has 2 aromatic heterocycles. The van der Waals surface area contributed by atoms with Crippen LogP contribution in [0.5, 0.6) is 5.75 Å². The molecular formula is C32H39Cl2N5O2. The summed E-state index contributed by atoms with van der Waals surface area (Å²) in [5, 5.41) is 15.1. The summed E-state index contributed by atoms with van der Waals surface area (Å²) in [5.41, 5.74) is 6.86. The number of nitrogens with zero attached hydrogens (tertiary/aromatic N) is 5.